The molecule has 19 heavy (non-hydrogen) atoms. The topological polar surface area (TPSA) is 82.8 Å². The van der Waals surface area contributed by atoms with Crippen LogP contribution in [0.25, 0.3) is 0 Å². The fraction of sp³-hybridized carbons (Fsp3) is 0. The maximum Gasteiger partial charge on any atom is 0.325 e. The molecule has 0 saturated heterocycles. The van der Waals surface area contributed by atoms with Crippen molar-refractivity contribution in [2.75, 3.05) is 0 Å². The van der Waals surface area contributed by atoms with Crippen LogP contribution in [-0.4, -0.2) is 15.8 Å². The van der Waals surface area contributed by atoms with E-state index in [1.165, 1.54) is 6.07 Å². The van der Waals surface area contributed by atoms with Crippen molar-refractivity contribution in [2.24, 2.45) is 0 Å². The predicted molar refractivity (Wildman–Crippen MR) is 70.3 cm³/mol. The number of hydrogen-bond acceptors (Lipinski definition) is 3. The molecule has 0 amide bonds. The monoisotopic (exact) mass is 274 g/mol. The van der Waals surface area contributed by atoms with Crippen molar-refractivity contribution in [3.8, 4) is 11.8 Å². The number of carbonyl (C=O) groups is 1. The van der Waals surface area contributed by atoms with Gasteiger partial charge in [0.15, 0.2) is 0 Å². The van der Waals surface area contributed by atoms with Crippen LogP contribution in [0.1, 0.15) is 15.9 Å². The Hall–Kier alpha value is -2.58. The molecule has 0 aliphatic carbocycles. The summed E-state index contributed by atoms with van der Waals surface area (Å²) in [6.07, 6.45) is 1.15. The maximum absolute atomic E-state index is 11.8. The SMILES string of the molecule is O=C(C#Cc1c[nH]c(=O)[nH]c1=O)c1ccccc1Cl. The molecule has 0 spiro atoms. The zero-order valence-electron chi connectivity index (χ0n) is 9.49. The molecule has 1 aromatic carbocycles. The van der Waals surface area contributed by atoms with Gasteiger partial charge in [-0.25, -0.2) is 4.79 Å². The van der Waals surface area contributed by atoms with E-state index in [2.05, 4.69) is 16.8 Å². The normalized spacial score (nSPS) is 9.53. The van der Waals surface area contributed by atoms with Gasteiger partial charge in [0.25, 0.3) is 5.56 Å². The third-order valence-electron chi connectivity index (χ3n) is 2.25. The van der Waals surface area contributed by atoms with Crippen LogP contribution in [-0.2, 0) is 0 Å². The molecule has 0 unspecified atom stereocenters. The van der Waals surface area contributed by atoms with Gasteiger partial charge in [0.1, 0.15) is 5.56 Å². The van der Waals surface area contributed by atoms with Gasteiger partial charge in [-0.1, -0.05) is 29.7 Å². The zero-order valence-corrected chi connectivity index (χ0v) is 10.2. The Kier molecular flexibility index (Phi) is 3.64. The lowest BCUT2D eigenvalue weighted by Gasteiger charge is -1.95. The van der Waals surface area contributed by atoms with Gasteiger partial charge < -0.3 is 4.98 Å². The summed E-state index contributed by atoms with van der Waals surface area (Å²) in [5.41, 5.74) is -1.02. The van der Waals surface area contributed by atoms with Gasteiger partial charge in [-0.3, -0.25) is 14.6 Å². The fourth-order valence-corrected chi connectivity index (χ4v) is 1.56. The molecule has 0 saturated carbocycles. The standard InChI is InChI=1S/C13H7ClN2O3/c14-10-4-2-1-3-9(10)11(17)6-5-8-7-15-13(19)16-12(8)18/h1-4,7H,(H2,15,16,18,19). The summed E-state index contributed by atoms with van der Waals surface area (Å²) in [5.74, 6) is 4.19. The smallest absolute Gasteiger partial charge is 0.313 e. The molecular formula is C13H7ClN2O3. The molecule has 2 rings (SSSR count). The fourth-order valence-electron chi connectivity index (χ4n) is 1.34. The number of rotatable bonds is 1. The third-order valence-corrected chi connectivity index (χ3v) is 2.58. The molecule has 5 nitrogen and oxygen atoms in total. The van der Waals surface area contributed by atoms with Crippen LogP contribution < -0.4 is 11.2 Å². The number of carbonyl (C=O) groups excluding carboxylic acids is 1. The van der Waals surface area contributed by atoms with Crippen LogP contribution >= 0.6 is 11.6 Å². The van der Waals surface area contributed by atoms with Crippen molar-refractivity contribution in [3.05, 3.63) is 67.4 Å². The molecule has 0 radical (unpaired) electrons. The zero-order chi connectivity index (χ0) is 13.8. The average molecular weight is 275 g/mol. The number of ketones is 1. The number of benzene rings is 1. The number of nitrogens with one attached hydrogen (secondary N) is 2. The lowest BCUT2D eigenvalue weighted by Crippen LogP contribution is -2.23. The van der Waals surface area contributed by atoms with E-state index >= 15 is 0 Å². The second-order valence-electron chi connectivity index (χ2n) is 3.54. The summed E-state index contributed by atoms with van der Waals surface area (Å²) in [6, 6.07) is 6.46. The first-order valence-electron chi connectivity index (χ1n) is 5.21. The van der Waals surface area contributed by atoms with E-state index in [0.29, 0.717) is 0 Å². The van der Waals surface area contributed by atoms with Crippen LogP contribution in [0.5, 0.6) is 0 Å². The van der Waals surface area contributed by atoms with Gasteiger partial charge in [-0.2, -0.15) is 0 Å². The van der Waals surface area contributed by atoms with Gasteiger partial charge in [0.2, 0.25) is 5.78 Å². The first-order chi connectivity index (χ1) is 9.08. The Labute approximate surface area is 112 Å². The van der Waals surface area contributed by atoms with E-state index in [-0.39, 0.29) is 16.1 Å². The molecular weight excluding hydrogens is 268 g/mol. The van der Waals surface area contributed by atoms with E-state index in [1.54, 1.807) is 18.2 Å². The minimum absolute atomic E-state index is 0.00000331. The lowest BCUT2D eigenvalue weighted by atomic mass is 10.1. The Morgan fingerprint density at radius 3 is 2.63 bits per heavy atom. The van der Waals surface area contributed by atoms with Gasteiger partial charge in [-0.05, 0) is 18.1 Å². The highest BCUT2D eigenvalue weighted by atomic mass is 35.5. The van der Waals surface area contributed by atoms with E-state index < -0.39 is 17.0 Å². The van der Waals surface area contributed by atoms with Crippen LogP contribution in [0.4, 0.5) is 0 Å². The number of hydrogen-bond donors (Lipinski definition) is 2. The molecule has 2 aromatic rings. The lowest BCUT2D eigenvalue weighted by molar-refractivity contribution is 0.105. The summed E-state index contributed by atoms with van der Waals surface area (Å²) in [7, 11) is 0. The predicted octanol–water partition coefficient (Wildman–Crippen LogP) is 0.951. The Balaban J connectivity index is 2.35. The molecule has 2 N–H and O–H groups in total. The van der Waals surface area contributed by atoms with E-state index in [1.807, 2.05) is 4.98 Å². The van der Waals surface area contributed by atoms with E-state index in [0.717, 1.165) is 6.20 Å². The second kappa shape index (κ2) is 5.38. The summed E-state index contributed by atoms with van der Waals surface area (Å²) in [4.78, 5) is 38.2. The molecule has 1 heterocycles. The number of halogens is 1. The summed E-state index contributed by atoms with van der Waals surface area (Å²) in [6.45, 7) is 0. The number of aromatic nitrogens is 2. The Morgan fingerprint density at radius 2 is 1.95 bits per heavy atom. The third kappa shape index (κ3) is 3.00. The minimum atomic E-state index is -0.650. The van der Waals surface area contributed by atoms with Crippen molar-refractivity contribution < 1.29 is 4.79 Å². The summed E-state index contributed by atoms with van der Waals surface area (Å²) >= 11 is 5.85. The van der Waals surface area contributed by atoms with Gasteiger partial charge >= 0.3 is 5.69 Å². The molecule has 0 aliphatic rings. The van der Waals surface area contributed by atoms with Crippen LogP contribution in [0.2, 0.25) is 5.02 Å². The van der Waals surface area contributed by atoms with Gasteiger partial charge in [-0.15, -0.1) is 0 Å². The van der Waals surface area contributed by atoms with Crippen LogP contribution in [0.15, 0.2) is 40.1 Å². The van der Waals surface area contributed by atoms with Crippen molar-refractivity contribution in [2.45, 2.75) is 0 Å². The van der Waals surface area contributed by atoms with Gasteiger partial charge in [0.05, 0.1) is 5.02 Å². The number of H-pyrrole nitrogens is 2. The molecule has 6 heteroatoms. The second-order valence-corrected chi connectivity index (χ2v) is 3.95. The molecule has 0 atom stereocenters. The summed E-state index contributed by atoms with van der Waals surface area (Å²) in [5, 5.41) is 0.289. The number of aromatic amines is 2. The van der Waals surface area contributed by atoms with E-state index in [9.17, 15) is 14.4 Å². The largest absolute Gasteiger partial charge is 0.325 e. The van der Waals surface area contributed by atoms with Crippen LogP contribution in [0.3, 0.4) is 0 Å². The van der Waals surface area contributed by atoms with Crippen molar-refractivity contribution in [1.82, 2.24) is 9.97 Å². The maximum atomic E-state index is 11.8. The highest BCUT2D eigenvalue weighted by Gasteiger charge is 2.06. The van der Waals surface area contributed by atoms with Crippen molar-refractivity contribution in [3.63, 3.8) is 0 Å². The Bertz CT molecular complexity index is 809. The number of Topliss-reactive ketones (excluding diaryl/α,β-unsaturated/α-hetero) is 1. The molecule has 0 fully saturated rings. The molecule has 1 aromatic heterocycles. The highest BCUT2D eigenvalue weighted by Crippen LogP contribution is 2.14. The van der Waals surface area contributed by atoms with E-state index in [4.69, 9.17) is 11.6 Å². The first kappa shape index (κ1) is 12.9. The first-order valence-corrected chi connectivity index (χ1v) is 5.58. The minimum Gasteiger partial charge on any atom is -0.313 e. The highest BCUT2D eigenvalue weighted by molar-refractivity contribution is 6.35. The molecule has 0 bridgehead atoms. The van der Waals surface area contributed by atoms with Gasteiger partial charge in [0, 0.05) is 11.8 Å². The molecule has 94 valence electrons. The average Bonchev–Trinajstić information content (AvgIpc) is 2.38. The Morgan fingerprint density at radius 1 is 1.21 bits per heavy atom. The van der Waals surface area contributed by atoms with Crippen molar-refractivity contribution >= 4 is 17.4 Å². The molecule has 0 aliphatic heterocycles. The van der Waals surface area contributed by atoms with Crippen LogP contribution in [0, 0.1) is 11.8 Å². The quantitative estimate of drug-likeness (QED) is 0.600. The van der Waals surface area contributed by atoms with Crippen molar-refractivity contribution in [1.29, 1.82) is 0 Å². The summed E-state index contributed by atoms with van der Waals surface area (Å²) < 4.78 is 0.